The van der Waals surface area contributed by atoms with Gasteiger partial charge in [0, 0.05) is 38.4 Å². The van der Waals surface area contributed by atoms with Crippen LogP contribution in [-0.2, 0) is 16.0 Å². The Morgan fingerprint density at radius 1 is 1.35 bits per heavy atom. The molecule has 112 valence electrons. The van der Waals surface area contributed by atoms with Gasteiger partial charge in [-0.1, -0.05) is 0 Å². The normalized spacial score (nSPS) is 29.7. The number of H-pyrrole nitrogens is 1. The van der Waals surface area contributed by atoms with Crippen molar-refractivity contribution in [1.29, 1.82) is 0 Å². The molecule has 3 heterocycles. The SMILES string of the molecule is Cc1[nH]cnc1CN1CCOC2(COCCN(C)C2)C1. The highest BCUT2D eigenvalue weighted by molar-refractivity contribution is 5.09. The van der Waals surface area contributed by atoms with Crippen LogP contribution in [0.25, 0.3) is 0 Å². The fourth-order valence-corrected chi connectivity index (χ4v) is 3.09. The third-order valence-electron chi connectivity index (χ3n) is 4.18. The number of hydrogen-bond donors (Lipinski definition) is 1. The Balaban J connectivity index is 1.67. The lowest BCUT2D eigenvalue weighted by atomic mass is 10.0. The number of aromatic nitrogens is 2. The van der Waals surface area contributed by atoms with Crippen LogP contribution in [0.1, 0.15) is 11.4 Å². The van der Waals surface area contributed by atoms with Gasteiger partial charge in [-0.05, 0) is 14.0 Å². The highest BCUT2D eigenvalue weighted by atomic mass is 16.5. The Bertz CT molecular complexity index is 450. The van der Waals surface area contributed by atoms with Gasteiger partial charge in [0.25, 0.3) is 0 Å². The van der Waals surface area contributed by atoms with Crippen molar-refractivity contribution in [2.75, 3.05) is 53.0 Å². The summed E-state index contributed by atoms with van der Waals surface area (Å²) < 4.78 is 11.9. The molecule has 20 heavy (non-hydrogen) atoms. The van der Waals surface area contributed by atoms with E-state index in [1.165, 1.54) is 0 Å². The second-order valence-electron chi connectivity index (χ2n) is 6.01. The minimum absolute atomic E-state index is 0.187. The summed E-state index contributed by atoms with van der Waals surface area (Å²) in [5.74, 6) is 0. The summed E-state index contributed by atoms with van der Waals surface area (Å²) in [6.45, 7) is 8.97. The van der Waals surface area contributed by atoms with E-state index < -0.39 is 0 Å². The number of hydrogen-bond acceptors (Lipinski definition) is 5. The molecule has 0 aromatic carbocycles. The lowest BCUT2D eigenvalue weighted by Crippen LogP contribution is -2.58. The van der Waals surface area contributed by atoms with Crippen molar-refractivity contribution >= 4 is 0 Å². The topological polar surface area (TPSA) is 53.6 Å². The van der Waals surface area contributed by atoms with Gasteiger partial charge >= 0.3 is 0 Å². The minimum atomic E-state index is -0.187. The predicted octanol–water partition coefficient (Wildman–Crippen LogP) is 0.251. The summed E-state index contributed by atoms with van der Waals surface area (Å²) in [7, 11) is 2.14. The number of aromatic amines is 1. The number of nitrogens with zero attached hydrogens (tertiary/aromatic N) is 3. The number of likely N-dealkylation sites (N-methyl/N-ethyl adjacent to an activating group) is 1. The molecule has 1 atom stereocenters. The molecular formula is C14H24N4O2. The van der Waals surface area contributed by atoms with Gasteiger partial charge in [-0.3, -0.25) is 4.90 Å². The Kier molecular flexibility index (Phi) is 4.07. The summed E-state index contributed by atoms with van der Waals surface area (Å²) >= 11 is 0. The van der Waals surface area contributed by atoms with Gasteiger partial charge in [0.15, 0.2) is 0 Å². The summed E-state index contributed by atoms with van der Waals surface area (Å²) in [5, 5.41) is 0. The maximum absolute atomic E-state index is 6.10. The molecular weight excluding hydrogens is 256 g/mol. The zero-order valence-corrected chi connectivity index (χ0v) is 12.4. The fraction of sp³-hybridized carbons (Fsp3) is 0.786. The van der Waals surface area contributed by atoms with Crippen LogP contribution in [-0.4, -0.2) is 78.4 Å². The molecule has 2 fully saturated rings. The van der Waals surface area contributed by atoms with Crippen LogP contribution < -0.4 is 0 Å². The van der Waals surface area contributed by atoms with Gasteiger partial charge in [-0.25, -0.2) is 4.98 Å². The average Bonchev–Trinajstić information content (AvgIpc) is 2.72. The summed E-state index contributed by atoms with van der Waals surface area (Å²) in [4.78, 5) is 12.3. The number of ether oxygens (including phenoxy) is 2. The number of imidazole rings is 1. The molecule has 0 bridgehead atoms. The first-order valence-corrected chi connectivity index (χ1v) is 7.28. The van der Waals surface area contributed by atoms with Crippen LogP contribution in [0, 0.1) is 6.92 Å². The van der Waals surface area contributed by atoms with Crippen molar-refractivity contribution in [1.82, 2.24) is 19.8 Å². The first-order chi connectivity index (χ1) is 9.67. The smallest absolute Gasteiger partial charge is 0.117 e. The number of rotatable bonds is 2. The van der Waals surface area contributed by atoms with E-state index in [0.29, 0.717) is 6.61 Å². The van der Waals surface area contributed by atoms with Gasteiger partial charge in [0.05, 0.1) is 31.8 Å². The van der Waals surface area contributed by atoms with E-state index in [4.69, 9.17) is 9.47 Å². The van der Waals surface area contributed by atoms with Crippen molar-refractivity contribution in [3.8, 4) is 0 Å². The highest BCUT2D eigenvalue weighted by Crippen LogP contribution is 2.23. The van der Waals surface area contributed by atoms with Gasteiger partial charge < -0.3 is 19.4 Å². The molecule has 1 aromatic rings. The van der Waals surface area contributed by atoms with Crippen molar-refractivity contribution in [3.05, 3.63) is 17.7 Å². The predicted molar refractivity (Wildman–Crippen MR) is 75.6 cm³/mol. The quantitative estimate of drug-likeness (QED) is 0.842. The number of aryl methyl sites for hydroxylation is 1. The van der Waals surface area contributed by atoms with Gasteiger partial charge in [0.1, 0.15) is 5.60 Å². The molecule has 0 aliphatic carbocycles. The third-order valence-corrected chi connectivity index (χ3v) is 4.18. The first kappa shape index (κ1) is 14.0. The van der Waals surface area contributed by atoms with Crippen LogP contribution in [0.15, 0.2) is 6.33 Å². The third kappa shape index (κ3) is 3.03. The minimum Gasteiger partial charge on any atom is -0.377 e. The van der Waals surface area contributed by atoms with Gasteiger partial charge in [-0.15, -0.1) is 0 Å². The standard InChI is InChI=1S/C14H24N4O2/c1-12-13(16-11-15-12)7-18-4-6-20-14(9-18)8-17(2)3-5-19-10-14/h11H,3-10H2,1-2H3,(H,15,16). The average molecular weight is 280 g/mol. The Morgan fingerprint density at radius 3 is 3.05 bits per heavy atom. The lowest BCUT2D eigenvalue weighted by molar-refractivity contribution is -0.142. The van der Waals surface area contributed by atoms with Crippen molar-refractivity contribution in [2.24, 2.45) is 0 Å². The molecule has 0 saturated carbocycles. The highest BCUT2D eigenvalue weighted by Gasteiger charge is 2.39. The molecule has 2 aliphatic heterocycles. The van der Waals surface area contributed by atoms with Gasteiger partial charge in [-0.2, -0.15) is 0 Å². The second-order valence-corrected chi connectivity index (χ2v) is 6.01. The Labute approximate surface area is 120 Å². The summed E-state index contributed by atoms with van der Waals surface area (Å²) in [6.07, 6.45) is 1.77. The van der Waals surface area contributed by atoms with Crippen LogP contribution in [0.3, 0.4) is 0 Å². The Morgan fingerprint density at radius 2 is 2.25 bits per heavy atom. The molecule has 0 radical (unpaired) electrons. The molecule has 1 unspecified atom stereocenters. The lowest BCUT2D eigenvalue weighted by Gasteiger charge is -2.42. The van der Waals surface area contributed by atoms with Crippen LogP contribution in [0.5, 0.6) is 0 Å². The van der Waals surface area contributed by atoms with E-state index in [2.05, 4.69) is 33.7 Å². The van der Waals surface area contributed by atoms with Crippen molar-refractivity contribution in [3.63, 3.8) is 0 Å². The monoisotopic (exact) mass is 280 g/mol. The molecule has 6 nitrogen and oxygen atoms in total. The van der Waals surface area contributed by atoms with E-state index >= 15 is 0 Å². The molecule has 1 N–H and O–H groups in total. The van der Waals surface area contributed by atoms with Crippen LogP contribution in [0.4, 0.5) is 0 Å². The second kappa shape index (κ2) is 5.81. The van der Waals surface area contributed by atoms with E-state index in [-0.39, 0.29) is 5.60 Å². The van der Waals surface area contributed by atoms with E-state index in [9.17, 15) is 0 Å². The molecule has 1 aromatic heterocycles. The molecule has 2 saturated heterocycles. The summed E-state index contributed by atoms with van der Waals surface area (Å²) in [6, 6.07) is 0. The number of nitrogens with one attached hydrogen (secondary N) is 1. The van der Waals surface area contributed by atoms with Crippen LogP contribution in [0.2, 0.25) is 0 Å². The largest absolute Gasteiger partial charge is 0.377 e. The zero-order valence-electron chi connectivity index (χ0n) is 12.4. The van der Waals surface area contributed by atoms with Crippen molar-refractivity contribution < 1.29 is 9.47 Å². The molecule has 1 spiro atoms. The fourth-order valence-electron chi connectivity index (χ4n) is 3.09. The molecule has 2 aliphatic rings. The van der Waals surface area contributed by atoms with E-state index in [1.54, 1.807) is 6.33 Å². The molecule has 3 rings (SSSR count). The van der Waals surface area contributed by atoms with E-state index in [1.807, 2.05) is 0 Å². The summed E-state index contributed by atoms with van der Waals surface area (Å²) in [5.41, 5.74) is 2.10. The Hall–Kier alpha value is -0.950. The van der Waals surface area contributed by atoms with Crippen molar-refractivity contribution in [2.45, 2.75) is 19.1 Å². The van der Waals surface area contributed by atoms with Crippen LogP contribution >= 0.6 is 0 Å². The first-order valence-electron chi connectivity index (χ1n) is 7.28. The maximum atomic E-state index is 6.10. The number of morpholine rings is 1. The zero-order chi connectivity index (χ0) is 14.0. The van der Waals surface area contributed by atoms with E-state index in [0.717, 1.165) is 57.3 Å². The van der Waals surface area contributed by atoms with Gasteiger partial charge in [0.2, 0.25) is 0 Å². The molecule has 0 amide bonds. The molecule has 6 heteroatoms. The maximum Gasteiger partial charge on any atom is 0.117 e.